The molecule has 1 atom stereocenters. The van der Waals surface area contributed by atoms with Crippen molar-refractivity contribution in [2.24, 2.45) is 0 Å². The summed E-state index contributed by atoms with van der Waals surface area (Å²) in [5.74, 6) is -1.15. The molecule has 1 aliphatic heterocycles. The third-order valence-electron chi connectivity index (χ3n) is 3.55. The lowest BCUT2D eigenvalue weighted by molar-refractivity contribution is 0.0313. The van der Waals surface area contributed by atoms with Crippen molar-refractivity contribution in [3.63, 3.8) is 0 Å². The minimum atomic E-state index is -3.42. The molecule has 1 saturated heterocycles. The maximum atomic E-state index is 12.5. The van der Waals surface area contributed by atoms with Crippen molar-refractivity contribution in [1.82, 2.24) is 4.31 Å². The zero-order valence-corrected chi connectivity index (χ0v) is 12.7. The Labute approximate surface area is 124 Å². The average molecular weight is 313 g/mol. The van der Waals surface area contributed by atoms with Crippen LogP contribution in [0.15, 0.2) is 24.3 Å². The summed E-state index contributed by atoms with van der Waals surface area (Å²) < 4.78 is 31.8. The predicted molar refractivity (Wildman–Crippen MR) is 77.6 cm³/mol. The van der Waals surface area contributed by atoms with Crippen LogP contribution in [0, 0.1) is 0 Å². The number of carbonyl (C=O) groups is 1. The topological polar surface area (TPSA) is 83.9 Å². The van der Waals surface area contributed by atoms with E-state index >= 15 is 0 Å². The number of sulfonamides is 1. The van der Waals surface area contributed by atoms with Crippen LogP contribution in [-0.4, -0.2) is 49.6 Å². The van der Waals surface area contributed by atoms with Gasteiger partial charge in [0.2, 0.25) is 10.0 Å². The molecular formula is C14H19NO5S. The molecule has 1 unspecified atom stereocenters. The first-order valence-electron chi connectivity index (χ1n) is 6.83. The Hall–Kier alpha value is -1.44. The van der Waals surface area contributed by atoms with Crippen molar-refractivity contribution >= 4 is 16.0 Å². The molecule has 0 radical (unpaired) electrons. The molecule has 7 heteroatoms. The summed E-state index contributed by atoms with van der Waals surface area (Å²) in [7, 11) is -3.42. The van der Waals surface area contributed by atoms with Crippen LogP contribution in [0.2, 0.25) is 0 Å². The number of ether oxygens (including phenoxy) is 1. The molecule has 0 saturated carbocycles. The van der Waals surface area contributed by atoms with Crippen LogP contribution in [0.5, 0.6) is 0 Å². The number of hydrogen-bond acceptors (Lipinski definition) is 4. The first-order chi connectivity index (χ1) is 9.94. The van der Waals surface area contributed by atoms with Gasteiger partial charge in [0.05, 0.1) is 24.5 Å². The number of benzene rings is 1. The van der Waals surface area contributed by atoms with E-state index in [1.54, 1.807) is 12.1 Å². The Balaban J connectivity index is 2.14. The molecule has 0 aromatic heterocycles. The molecule has 0 amide bonds. The number of carboxylic acid groups (broad SMARTS) is 1. The van der Waals surface area contributed by atoms with E-state index in [0.29, 0.717) is 31.7 Å². The van der Waals surface area contributed by atoms with Crippen molar-refractivity contribution < 1.29 is 23.1 Å². The van der Waals surface area contributed by atoms with Crippen LogP contribution >= 0.6 is 0 Å². The number of rotatable bonds is 5. The molecule has 1 aromatic carbocycles. The highest BCUT2D eigenvalue weighted by Crippen LogP contribution is 2.19. The van der Waals surface area contributed by atoms with Gasteiger partial charge < -0.3 is 9.84 Å². The lowest BCUT2D eigenvalue weighted by Gasteiger charge is -2.34. The number of morpholine rings is 1. The largest absolute Gasteiger partial charge is 0.478 e. The third-order valence-corrected chi connectivity index (χ3v) is 5.45. The lowest BCUT2D eigenvalue weighted by Crippen LogP contribution is -2.48. The first-order valence-corrected chi connectivity index (χ1v) is 8.44. The van der Waals surface area contributed by atoms with Gasteiger partial charge >= 0.3 is 5.97 Å². The predicted octanol–water partition coefficient (Wildman–Crippen LogP) is 1.33. The van der Waals surface area contributed by atoms with Gasteiger partial charge in [0.15, 0.2) is 0 Å². The van der Waals surface area contributed by atoms with Gasteiger partial charge in [0.1, 0.15) is 0 Å². The Morgan fingerprint density at radius 1 is 1.38 bits per heavy atom. The SMILES string of the molecule is CCC1COCCN1S(=O)(=O)Cc1ccc(C(=O)O)cc1. The van der Waals surface area contributed by atoms with Gasteiger partial charge in [-0.25, -0.2) is 13.2 Å². The number of carboxylic acids is 1. The minimum absolute atomic E-state index is 0.122. The fourth-order valence-electron chi connectivity index (χ4n) is 2.36. The number of nitrogens with zero attached hydrogens (tertiary/aromatic N) is 1. The van der Waals surface area contributed by atoms with Crippen molar-refractivity contribution in [2.75, 3.05) is 19.8 Å². The van der Waals surface area contributed by atoms with Crippen molar-refractivity contribution in [2.45, 2.75) is 25.1 Å². The molecule has 0 aliphatic carbocycles. The maximum absolute atomic E-state index is 12.5. The smallest absolute Gasteiger partial charge is 0.335 e. The normalized spacial score (nSPS) is 20.3. The molecule has 1 aliphatic rings. The van der Waals surface area contributed by atoms with Crippen LogP contribution in [0.3, 0.4) is 0 Å². The van der Waals surface area contributed by atoms with Crippen LogP contribution in [0.4, 0.5) is 0 Å². The summed E-state index contributed by atoms with van der Waals surface area (Å²) in [5.41, 5.74) is 0.732. The van der Waals surface area contributed by atoms with Crippen molar-refractivity contribution in [3.8, 4) is 0 Å². The minimum Gasteiger partial charge on any atom is -0.478 e. The first kappa shape index (κ1) is 15.9. The van der Waals surface area contributed by atoms with Gasteiger partial charge in [-0.05, 0) is 24.1 Å². The second-order valence-electron chi connectivity index (χ2n) is 5.01. The molecule has 116 valence electrons. The second-order valence-corrected chi connectivity index (χ2v) is 6.93. The molecule has 1 aromatic rings. The summed E-state index contributed by atoms with van der Waals surface area (Å²) in [6.45, 7) is 3.14. The monoisotopic (exact) mass is 313 g/mol. The summed E-state index contributed by atoms with van der Waals surface area (Å²) in [6.07, 6.45) is 0.706. The van der Waals surface area contributed by atoms with E-state index in [2.05, 4.69) is 0 Å². The van der Waals surface area contributed by atoms with E-state index in [0.717, 1.165) is 0 Å². The molecule has 21 heavy (non-hydrogen) atoms. The molecule has 1 N–H and O–H groups in total. The second kappa shape index (κ2) is 6.55. The van der Waals surface area contributed by atoms with Crippen molar-refractivity contribution in [3.05, 3.63) is 35.4 Å². The van der Waals surface area contributed by atoms with Crippen LogP contribution in [0.25, 0.3) is 0 Å². The van der Waals surface area contributed by atoms with Crippen LogP contribution < -0.4 is 0 Å². The molecule has 0 spiro atoms. The van der Waals surface area contributed by atoms with E-state index in [1.165, 1.54) is 16.4 Å². The molecule has 1 heterocycles. The third kappa shape index (κ3) is 3.81. The van der Waals surface area contributed by atoms with Gasteiger partial charge in [0, 0.05) is 12.6 Å². The molecule has 6 nitrogen and oxygen atoms in total. The fourth-order valence-corrected chi connectivity index (χ4v) is 4.16. The zero-order valence-electron chi connectivity index (χ0n) is 11.9. The van der Waals surface area contributed by atoms with Gasteiger partial charge in [-0.3, -0.25) is 0 Å². The standard InChI is InChI=1S/C14H19NO5S/c1-2-13-9-20-8-7-15(13)21(18,19)10-11-3-5-12(6-4-11)14(16)17/h3-6,13H,2,7-10H2,1H3,(H,16,17). The van der Waals surface area contributed by atoms with Crippen LogP contribution in [0.1, 0.15) is 29.3 Å². The van der Waals surface area contributed by atoms with E-state index in [9.17, 15) is 13.2 Å². The van der Waals surface area contributed by atoms with E-state index in [4.69, 9.17) is 9.84 Å². The van der Waals surface area contributed by atoms with Gasteiger partial charge in [-0.15, -0.1) is 0 Å². The number of hydrogen-bond donors (Lipinski definition) is 1. The maximum Gasteiger partial charge on any atom is 0.335 e. The highest BCUT2D eigenvalue weighted by molar-refractivity contribution is 7.88. The van der Waals surface area contributed by atoms with E-state index < -0.39 is 16.0 Å². The number of aromatic carboxylic acids is 1. The molecule has 0 bridgehead atoms. The lowest BCUT2D eigenvalue weighted by atomic mass is 10.1. The van der Waals surface area contributed by atoms with E-state index in [1.807, 2.05) is 6.92 Å². The Morgan fingerprint density at radius 3 is 2.62 bits per heavy atom. The highest BCUT2D eigenvalue weighted by Gasteiger charge is 2.31. The summed E-state index contributed by atoms with van der Waals surface area (Å²) in [5, 5.41) is 8.84. The fraction of sp³-hybridized carbons (Fsp3) is 0.500. The van der Waals surface area contributed by atoms with Gasteiger partial charge in [0.25, 0.3) is 0 Å². The van der Waals surface area contributed by atoms with Crippen molar-refractivity contribution in [1.29, 1.82) is 0 Å². The molecule has 1 fully saturated rings. The Kier molecular flexibility index (Phi) is 4.97. The molecular weight excluding hydrogens is 294 g/mol. The Morgan fingerprint density at radius 2 is 2.05 bits per heavy atom. The summed E-state index contributed by atoms with van der Waals surface area (Å²) in [4.78, 5) is 10.8. The van der Waals surface area contributed by atoms with Gasteiger partial charge in [-0.1, -0.05) is 19.1 Å². The summed E-state index contributed by atoms with van der Waals surface area (Å²) >= 11 is 0. The zero-order chi connectivity index (χ0) is 15.5. The average Bonchev–Trinajstić information content (AvgIpc) is 2.47. The van der Waals surface area contributed by atoms with Gasteiger partial charge in [-0.2, -0.15) is 4.31 Å². The quantitative estimate of drug-likeness (QED) is 0.886. The molecule has 2 rings (SSSR count). The highest BCUT2D eigenvalue weighted by atomic mass is 32.2. The summed E-state index contributed by atoms with van der Waals surface area (Å²) in [6, 6.07) is 5.81. The van der Waals surface area contributed by atoms with Crippen LogP contribution in [-0.2, 0) is 20.5 Å². The van der Waals surface area contributed by atoms with E-state index in [-0.39, 0.29) is 17.4 Å². The Bertz CT molecular complexity index is 596.